The molecule has 3 aromatic rings. The van der Waals surface area contributed by atoms with Crippen LogP contribution in [-0.4, -0.2) is 21.1 Å². The predicted molar refractivity (Wildman–Crippen MR) is 114 cm³/mol. The molecule has 0 radical (unpaired) electrons. The molecule has 0 bridgehead atoms. The van der Waals surface area contributed by atoms with Crippen molar-refractivity contribution in [3.05, 3.63) is 81.8 Å². The van der Waals surface area contributed by atoms with E-state index in [1.165, 1.54) is 12.1 Å². The smallest absolute Gasteiger partial charge is 0.297 e. The van der Waals surface area contributed by atoms with Crippen molar-refractivity contribution in [2.24, 2.45) is 0 Å². The summed E-state index contributed by atoms with van der Waals surface area (Å²) in [7, 11) is -3.85. The van der Waals surface area contributed by atoms with Gasteiger partial charge in [0.15, 0.2) is 0 Å². The number of hydrogen-bond acceptors (Lipinski definition) is 4. The first-order chi connectivity index (χ1) is 13.8. The summed E-state index contributed by atoms with van der Waals surface area (Å²) in [5, 5.41) is 1.19. The molecule has 1 atom stereocenters. The minimum atomic E-state index is -3.85. The highest BCUT2D eigenvalue weighted by atomic mass is 35.5. The van der Waals surface area contributed by atoms with Gasteiger partial charge in [-0.3, -0.25) is 4.18 Å². The molecule has 4 nitrogen and oxygen atoms in total. The van der Waals surface area contributed by atoms with Crippen LogP contribution in [0.5, 0.6) is 5.75 Å². The van der Waals surface area contributed by atoms with Crippen LogP contribution >= 0.6 is 23.2 Å². The quantitative estimate of drug-likeness (QED) is 0.471. The molecule has 0 saturated heterocycles. The molecule has 1 unspecified atom stereocenters. The number of fused-ring (bicyclic) bond motifs is 1. The van der Waals surface area contributed by atoms with Crippen molar-refractivity contribution >= 4 is 33.3 Å². The van der Waals surface area contributed by atoms with Gasteiger partial charge < -0.3 is 4.74 Å². The Kier molecular flexibility index (Phi) is 5.58. The molecule has 0 spiro atoms. The molecule has 0 aliphatic carbocycles. The van der Waals surface area contributed by atoms with Gasteiger partial charge in [-0.25, -0.2) is 0 Å². The normalized spacial score (nSPS) is 15.8. The van der Waals surface area contributed by atoms with Gasteiger partial charge in [0, 0.05) is 27.6 Å². The van der Waals surface area contributed by atoms with Crippen molar-refractivity contribution in [2.45, 2.75) is 24.3 Å². The second-order valence-corrected chi connectivity index (χ2v) is 9.44. The number of ether oxygens (including phenoxy) is 1. The molecular formula is C22H18Cl2O4S. The third kappa shape index (κ3) is 4.43. The summed E-state index contributed by atoms with van der Waals surface area (Å²) in [4.78, 5) is 0.126. The average molecular weight is 449 g/mol. The Hall–Kier alpha value is -2.05. The maximum absolute atomic E-state index is 12.4. The lowest BCUT2D eigenvalue weighted by molar-refractivity contribution is 0.152. The number of rotatable bonds is 5. The van der Waals surface area contributed by atoms with E-state index in [-0.39, 0.29) is 11.5 Å². The topological polar surface area (TPSA) is 52.6 Å². The van der Waals surface area contributed by atoms with Crippen LogP contribution in [0.2, 0.25) is 10.0 Å². The summed E-state index contributed by atoms with van der Waals surface area (Å²) in [5.74, 6) is 0.679. The molecule has 1 heterocycles. The zero-order valence-corrected chi connectivity index (χ0v) is 17.9. The van der Waals surface area contributed by atoms with E-state index in [4.69, 9.17) is 32.1 Å². The van der Waals surface area contributed by atoms with Gasteiger partial charge in [0.25, 0.3) is 10.1 Å². The Morgan fingerprint density at radius 1 is 1.03 bits per heavy atom. The van der Waals surface area contributed by atoms with Crippen LogP contribution in [0.25, 0.3) is 11.1 Å². The second kappa shape index (κ2) is 8.00. The highest BCUT2D eigenvalue weighted by Crippen LogP contribution is 2.41. The minimum Gasteiger partial charge on any atom is -0.487 e. The van der Waals surface area contributed by atoms with Crippen LogP contribution in [0, 0.1) is 6.92 Å². The Morgan fingerprint density at radius 2 is 1.79 bits per heavy atom. The lowest BCUT2D eigenvalue weighted by Crippen LogP contribution is -2.23. The Labute approximate surface area is 180 Å². The molecule has 29 heavy (non-hydrogen) atoms. The molecule has 0 fully saturated rings. The van der Waals surface area contributed by atoms with Gasteiger partial charge in [-0.1, -0.05) is 53.0 Å². The van der Waals surface area contributed by atoms with Crippen LogP contribution < -0.4 is 4.74 Å². The molecule has 3 aromatic carbocycles. The Morgan fingerprint density at radius 3 is 2.52 bits per heavy atom. The third-order valence-corrected chi connectivity index (χ3v) is 6.47. The van der Waals surface area contributed by atoms with E-state index < -0.39 is 16.2 Å². The largest absolute Gasteiger partial charge is 0.487 e. The fourth-order valence-corrected chi connectivity index (χ4v) is 4.66. The van der Waals surface area contributed by atoms with Crippen LogP contribution in [0.4, 0.5) is 0 Å². The Balaban J connectivity index is 1.53. The summed E-state index contributed by atoms with van der Waals surface area (Å²) in [6.45, 7) is 1.81. The summed E-state index contributed by atoms with van der Waals surface area (Å²) in [6, 6.07) is 17.6. The van der Waals surface area contributed by atoms with Crippen molar-refractivity contribution in [3.63, 3.8) is 0 Å². The van der Waals surface area contributed by atoms with Crippen molar-refractivity contribution < 1.29 is 17.3 Å². The van der Waals surface area contributed by atoms with Gasteiger partial charge in [-0.15, -0.1) is 0 Å². The van der Waals surface area contributed by atoms with E-state index in [0.29, 0.717) is 22.2 Å². The van der Waals surface area contributed by atoms with E-state index in [2.05, 4.69) is 0 Å². The zero-order chi connectivity index (χ0) is 20.6. The summed E-state index contributed by atoms with van der Waals surface area (Å²) >= 11 is 12.4. The van der Waals surface area contributed by atoms with E-state index in [1.54, 1.807) is 18.2 Å². The maximum atomic E-state index is 12.4. The molecule has 1 aliphatic rings. The first-order valence-corrected chi connectivity index (χ1v) is 11.2. The van der Waals surface area contributed by atoms with Gasteiger partial charge >= 0.3 is 0 Å². The van der Waals surface area contributed by atoms with E-state index in [1.807, 2.05) is 37.3 Å². The zero-order valence-electron chi connectivity index (χ0n) is 15.6. The van der Waals surface area contributed by atoms with Gasteiger partial charge in [-0.2, -0.15) is 8.42 Å². The molecule has 1 aliphatic heterocycles. The molecule has 0 amide bonds. The van der Waals surface area contributed by atoms with E-state index >= 15 is 0 Å². The number of hydrogen-bond donors (Lipinski definition) is 0. The number of benzene rings is 3. The van der Waals surface area contributed by atoms with Crippen LogP contribution in [0.15, 0.2) is 65.6 Å². The second-order valence-electron chi connectivity index (χ2n) is 6.95. The Bertz CT molecular complexity index is 1160. The number of aryl methyl sites for hydroxylation is 1. The van der Waals surface area contributed by atoms with Crippen LogP contribution in [0.3, 0.4) is 0 Å². The molecular weight excluding hydrogens is 431 g/mol. The lowest BCUT2D eigenvalue weighted by Gasteiger charge is -2.13. The maximum Gasteiger partial charge on any atom is 0.297 e. The van der Waals surface area contributed by atoms with Crippen LogP contribution in [0.1, 0.15) is 11.1 Å². The fourth-order valence-electron chi connectivity index (χ4n) is 3.30. The molecule has 150 valence electrons. The summed E-state index contributed by atoms with van der Waals surface area (Å²) < 4.78 is 36.2. The number of halogens is 2. The van der Waals surface area contributed by atoms with Gasteiger partial charge in [0.05, 0.1) is 4.90 Å². The van der Waals surface area contributed by atoms with Crippen molar-refractivity contribution in [3.8, 4) is 16.9 Å². The van der Waals surface area contributed by atoms with Gasteiger partial charge in [-0.05, 0) is 48.9 Å². The van der Waals surface area contributed by atoms with Crippen LogP contribution in [-0.2, 0) is 20.7 Å². The summed E-state index contributed by atoms with van der Waals surface area (Å²) in [5.41, 5.74) is 3.58. The van der Waals surface area contributed by atoms with E-state index in [0.717, 1.165) is 22.3 Å². The minimum absolute atomic E-state index is 0.0858. The van der Waals surface area contributed by atoms with Crippen molar-refractivity contribution in [2.75, 3.05) is 6.61 Å². The first kappa shape index (κ1) is 20.2. The molecule has 0 saturated carbocycles. The molecule has 7 heteroatoms. The van der Waals surface area contributed by atoms with Crippen molar-refractivity contribution in [1.82, 2.24) is 0 Å². The van der Waals surface area contributed by atoms with Gasteiger partial charge in [0.2, 0.25) is 0 Å². The molecule has 4 rings (SSSR count). The van der Waals surface area contributed by atoms with Gasteiger partial charge in [0.1, 0.15) is 18.5 Å². The van der Waals surface area contributed by atoms with E-state index in [9.17, 15) is 8.42 Å². The standard InChI is InChI=1S/C22H18Cl2O4S/c1-14-5-7-20(8-6-14)29(25,26)27-13-19-11-16-10-18(24)12-21(22(16)28-19)15-3-2-4-17(23)9-15/h2-10,12,19H,11,13H2,1H3. The third-order valence-electron chi connectivity index (χ3n) is 4.72. The lowest BCUT2D eigenvalue weighted by atomic mass is 10.0. The molecule has 0 N–H and O–H groups in total. The SMILES string of the molecule is Cc1ccc(S(=O)(=O)OCC2Cc3cc(Cl)cc(-c4cccc(Cl)c4)c3O2)cc1. The highest BCUT2D eigenvalue weighted by molar-refractivity contribution is 7.86. The summed E-state index contributed by atoms with van der Waals surface area (Å²) in [6.07, 6.45) is 0.0778. The average Bonchev–Trinajstić information content (AvgIpc) is 3.09. The highest BCUT2D eigenvalue weighted by Gasteiger charge is 2.29. The first-order valence-electron chi connectivity index (χ1n) is 9.03. The predicted octanol–water partition coefficient (Wildman–Crippen LogP) is 5.68. The molecule has 0 aromatic heterocycles. The van der Waals surface area contributed by atoms with Crippen molar-refractivity contribution in [1.29, 1.82) is 0 Å². The fraction of sp³-hybridized carbons (Fsp3) is 0.182. The monoisotopic (exact) mass is 448 g/mol.